The Bertz CT molecular complexity index is 840. The molecule has 0 aliphatic heterocycles. The number of hydrogen-bond donors (Lipinski definition) is 1. The lowest BCUT2D eigenvalue weighted by atomic mass is 10.2. The summed E-state index contributed by atoms with van der Waals surface area (Å²) in [7, 11) is 1.32. The van der Waals surface area contributed by atoms with Crippen molar-refractivity contribution in [3.05, 3.63) is 24.5 Å². The maximum absolute atomic E-state index is 11.5. The first kappa shape index (κ1) is 14.2. The molecule has 0 bridgehead atoms. The largest absolute Gasteiger partial charge is 0.453 e. The number of hydrogen-bond acceptors (Lipinski definition) is 5. The van der Waals surface area contributed by atoms with Crippen LogP contribution in [-0.2, 0) is 11.3 Å². The lowest BCUT2D eigenvalue weighted by Gasteiger charge is -2.12. The molecule has 0 unspecified atom stereocenters. The number of carbonyl (C=O) groups excluding carboxylic acids is 1. The molecule has 0 aliphatic rings. The van der Waals surface area contributed by atoms with Gasteiger partial charge in [0, 0.05) is 12.7 Å². The topological polar surface area (TPSA) is 81.9 Å². The van der Waals surface area contributed by atoms with E-state index in [4.69, 9.17) is 0 Å². The van der Waals surface area contributed by atoms with Gasteiger partial charge in [-0.1, -0.05) is 13.8 Å². The van der Waals surface area contributed by atoms with Crippen LogP contribution in [0.3, 0.4) is 0 Å². The lowest BCUT2D eigenvalue weighted by Crippen LogP contribution is -2.17. The molecule has 7 nitrogen and oxygen atoms in total. The van der Waals surface area contributed by atoms with Crippen LogP contribution in [0.25, 0.3) is 22.1 Å². The van der Waals surface area contributed by atoms with Gasteiger partial charge >= 0.3 is 6.09 Å². The summed E-state index contributed by atoms with van der Waals surface area (Å²) >= 11 is 0. The Hall–Kier alpha value is -2.70. The third-order valence-electron chi connectivity index (χ3n) is 3.28. The van der Waals surface area contributed by atoms with Gasteiger partial charge in [0.15, 0.2) is 0 Å². The van der Waals surface area contributed by atoms with Gasteiger partial charge in [0.2, 0.25) is 5.95 Å². The zero-order chi connectivity index (χ0) is 15.7. The molecular weight excluding hydrogens is 282 g/mol. The van der Waals surface area contributed by atoms with Gasteiger partial charge in [-0.05, 0) is 18.1 Å². The Morgan fingerprint density at radius 3 is 2.91 bits per heavy atom. The van der Waals surface area contributed by atoms with Crippen molar-refractivity contribution >= 4 is 34.1 Å². The Morgan fingerprint density at radius 2 is 2.18 bits per heavy atom. The summed E-state index contributed by atoms with van der Waals surface area (Å²) in [5.41, 5.74) is 3.12. The third kappa shape index (κ3) is 2.45. The van der Waals surface area contributed by atoms with Crippen LogP contribution in [0.1, 0.15) is 13.8 Å². The van der Waals surface area contributed by atoms with Crippen LogP contribution in [-0.4, -0.2) is 32.7 Å². The summed E-state index contributed by atoms with van der Waals surface area (Å²) in [6.45, 7) is 4.90. The number of rotatable bonds is 3. The smallest absolute Gasteiger partial charge is 0.413 e. The van der Waals surface area contributed by atoms with Crippen molar-refractivity contribution in [2.24, 2.45) is 5.92 Å². The number of fused-ring (bicyclic) bond motifs is 3. The molecule has 3 rings (SSSR count). The summed E-state index contributed by atoms with van der Waals surface area (Å²) in [5.74, 6) is 0.818. The molecule has 1 N–H and O–H groups in total. The summed E-state index contributed by atoms with van der Waals surface area (Å²) in [6, 6.07) is 3.75. The van der Waals surface area contributed by atoms with E-state index in [2.05, 4.69) is 38.9 Å². The van der Waals surface area contributed by atoms with E-state index in [0.717, 1.165) is 16.6 Å². The molecular formula is C15H17N5O2. The minimum absolute atomic E-state index is 0.377. The number of nitrogens with zero attached hydrogens (tertiary/aromatic N) is 4. The van der Waals surface area contributed by atoms with Crippen molar-refractivity contribution in [3.8, 4) is 0 Å². The highest BCUT2D eigenvalue weighted by Gasteiger charge is 2.17. The van der Waals surface area contributed by atoms with Gasteiger partial charge in [0.1, 0.15) is 11.0 Å². The molecule has 7 heteroatoms. The van der Waals surface area contributed by atoms with E-state index < -0.39 is 6.09 Å². The molecule has 0 atom stereocenters. The summed E-state index contributed by atoms with van der Waals surface area (Å²) in [4.78, 5) is 24.8. The Balaban J connectivity index is 2.27. The van der Waals surface area contributed by atoms with E-state index in [1.165, 1.54) is 7.11 Å². The van der Waals surface area contributed by atoms with Crippen LogP contribution in [0.15, 0.2) is 24.5 Å². The molecule has 1 amide bonds. The zero-order valence-corrected chi connectivity index (χ0v) is 12.7. The predicted molar refractivity (Wildman–Crippen MR) is 83.7 cm³/mol. The average Bonchev–Trinajstić information content (AvgIpc) is 2.84. The van der Waals surface area contributed by atoms with Crippen molar-refractivity contribution in [1.82, 2.24) is 19.5 Å². The number of methoxy groups -OCH3 is 1. The highest BCUT2D eigenvalue weighted by atomic mass is 16.5. The number of imidazole rings is 1. The van der Waals surface area contributed by atoms with Crippen LogP contribution in [0, 0.1) is 5.92 Å². The van der Waals surface area contributed by atoms with Gasteiger partial charge in [-0.15, -0.1) is 0 Å². The zero-order valence-electron chi connectivity index (χ0n) is 12.7. The average molecular weight is 299 g/mol. The molecule has 3 aromatic heterocycles. The molecule has 3 aromatic rings. The second-order valence-electron chi connectivity index (χ2n) is 5.42. The van der Waals surface area contributed by atoms with E-state index in [9.17, 15) is 4.79 Å². The molecule has 3 heterocycles. The highest BCUT2D eigenvalue weighted by molar-refractivity contribution is 6.01. The van der Waals surface area contributed by atoms with Crippen LogP contribution in [0.2, 0.25) is 0 Å². The first-order chi connectivity index (χ1) is 10.6. The second kappa shape index (κ2) is 5.59. The monoisotopic (exact) mass is 299 g/mol. The van der Waals surface area contributed by atoms with Gasteiger partial charge in [-0.2, -0.15) is 0 Å². The first-order valence-electron chi connectivity index (χ1n) is 7.05. The predicted octanol–water partition coefficient (Wildman–Crippen LogP) is 2.81. The molecule has 0 saturated heterocycles. The molecule has 0 fully saturated rings. The molecule has 0 spiro atoms. The molecule has 22 heavy (non-hydrogen) atoms. The normalized spacial score (nSPS) is 11.3. The van der Waals surface area contributed by atoms with Gasteiger partial charge in [0.05, 0.1) is 24.3 Å². The maximum Gasteiger partial charge on any atom is 0.413 e. The molecule has 0 radical (unpaired) electrons. The fraction of sp³-hybridized carbons (Fsp3) is 0.333. The van der Waals surface area contributed by atoms with Crippen LogP contribution in [0.5, 0.6) is 0 Å². The van der Waals surface area contributed by atoms with E-state index in [0.29, 0.717) is 23.9 Å². The fourth-order valence-electron chi connectivity index (χ4n) is 2.41. The Labute approximate surface area is 127 Å². The number of nitrogens with one attached hydrogen (secondary N) is 1. The summed E-state index contributed by atoms with van der Waals surface area (Å²) < 4.78 is 6.62. The number of anilines is 1. The Morgan fingerprint density at radius 1 is 1.36 bits per heavy atom. The van der Waals surface area contributed by atoms with Gasteiger partial charge in [0.25, 0.3) is 0 Å². The maximum atomic E-state index is 11.5. The molecule has 114 valence electrons. The first-order valence-corrected chi connectivity index (χ1v) is 7.05. The van der Waals surface area contributed by atoms with Crippen molar-refractivity contribution in [1.29, 1.82) is 0 Å². The second-order valence-corrected chi connectivity index (χ2v) is 5.42. The fourth-order valence-corrected chi connectivity index (χ4v) is 2.41. The van der Waals surface area contributed by atoms with Gasteiger partial charge in [-0.3, -0.25) is 15.3 Å². The van der Waals surface area contributed by atoms with E-state index in [1.807, 2.05) is 16.7 Å². The molecule has 0 aliphatic carbocycles. The quantitative estimate of drug-likeness (QED) is 0.804. The lowest BCUT2D eigenvalue weighted by molar-refractivity contribution is 0.186. The molecule has 0 aromatic carbocycles. The van der Waals surface area contributed by atoms with Crippen LogP contribution >= 0.6 is 0 Å². The minimum atomic E-state index is -0.550. The number of ether oxygens (including phenoxy) is 1. The van der Waals surface area contributed by atoms with Gasteiger partial charge in [-0.25, -0.2) is 9.78 Å². The number of pyridine rings is 2. The summed E-state index contributed by atoms with van der Waals surface area (Å²) in [5, 5.41) is 2.65. The molecule has 0 saturated carbocycles. The van der Waals surface area contributed by atoms with Gasteiger partial charge < -0.3 is 9.30 Å². The number of aromatic nitrogens is 4. The standard InChI is InChI=1S/C15H17N5O2/c1-9(2)8-20-13-11(18-14(20)19-15(21)22-3)7-17-10-5-4-6-16-12(10)13/h4-7,9H,8H2,1-3H3,(H,18,19,21). The van der Waals surface area contributed by atoms with Crippen LogP contribution < -0.4 is 5.32 Å². The highest BCUT2D eigenvalue weighted by Crippen LogP contribution is 2.26. The van der Waals surface area contributed by atoms with E-state index >= 15 is 0 Å². The van der Waals surface area contributed by atoms with Crippen molar-refractivity contribution < 1.29 is 9.53 Å². The van der Waals surface area contributed by atoms with Crippen molar-refractivity contribution in [2.75, 3.05) is 12.4 Å². The van der Waals surface area contributed by atoms with Crippen molar-refractivity contribution in [2.45, 2.75) is 20.4 Å². The van der Waals surface area contributed by atoms with E-state index in [-0.39, 0.29) is 0 Å². The number of carbonyl (C=O) groups is 1. The third-order valence-corrected chi connectivity index (χ3v) is 3.28. The van der Waals surface area contributed by atoms with Crippen molar-refractivity contribution in [3.63, 3.8) is 0 Å². The SMILES string of the molecule is COC(=O)Nc1nc2cnc3cccnc3c2n1CC(C)C. The Kier molecular flexibility index (Phi) is 3.62. The van der Waals surface area contributed by atoms with E-state index in [1.54, 1.807) is 12.4 Å². The minimum Gasteiger partial charge on any atom is -0.453 e. The number of amides is 1. The summed E-state index contributed by atoms with van der Waals surface area (Å²) in [6.07, 6.45) is 2.87. The van der Waals surface area contributed by atoms with Crippen LogP contribution in [0.4, 0.5) is 10.7 Å².